The lowest BCUT2D eigenvalue weighted by Gasteiger charge is -2.26. The molecule has 0 radical (unpaired) electrons. The van der Waals surface area contributed by atoms with E-state index >= 15 is 0 Å². The largest absolute Gasteiger partial charge is 0.492 e. The molecule has 1 aliphatic heterocycles. The van der Waals surface area contributed by atoms with Gasteiger partial charge in [0.2, 0.25) is 0 Å². The van der Waals surface area contributed by atoms with Gasteiger partial charge in [0.1, 0.15) is 12.4 Å². The summed E-state index contributed by atoms with van der Waals surface area (Å²) in [5, 5.41) is 0. The van der Waals surface area contributed by atoms with E-state index in [1.165, 1.54) is 50.8 Å². The fourth-order valence-corrected chi connectivity index (χ4v) is 3.19. The molecule has 0 aromatic heterocycles. The quantitative estimate of drug-likeness (QED) is 0.548. The highest BCUT2D eigenvalue weighted by atomic mass is 16.5. The molecule has 0 unspecified atom stereocenters. The number of unbranched alkanes of at least 4 members (excludes halogenated alkanes) is 2. The molecular formula is C21H35NO2. The van der Waals surface area contributed by atoms with Crippen molar-refractivity contribution in [3.8, 4) is 5.75 Å². The second-order valence-electron chi connectivity index (χ2n) is 7.13. The smallest absolute Gasteiger partial charge is 0.119 e. The van der Waals surface area contributed by atoms with Crippen molar-refractivity contribution in [2.45, 2.75) is 64.9 Å². The van der Waals surface area contributed by atoms with E-state index in [9.17, 15) is 0 Å². The lowest BCUT2D eigenvalue weighted by molar-refractivity contribution is 0.0758. The van der Waals surface area contributed by atoms with Crippen LogP contribution in [0.4, 0.5) is 0 Å². The number of likely N-dealkylation sites (tertiary alicyclic amines) is 1. The Labute approximate surface area is 148 Å². The lowest BCUT2D eigenvalue weighted by Crippen LogP contribution is -2.33. The summed E-state index contributed by atoms with van der Waals surface area (Å²) in [5.74, 6) is 1.02. The average molecular weight is 334 g/mol. The van der Waals surface area contributed by atoms with Crippen LogP contribution in [0.5, 0.6) is 5.75 Å². The highest BCUT2D eigenvalue weighted by molar-refractivity contribution is 5.28. The first kappa shape index (κ1) is 19.3. The number of benzene rings is 1. The summed E-state index contributed by atoms with van der Waals surface area (Å²) < 4.78 is 11.5. The first-order valence-electron chi connectivity index (χ1n) is 9.80. The standard InChI is InChI=1S/C21H35NO2/c1-19(2)23-16-8-3-5-10-20-11-9-12-21(18-20)24-17-15-22-13-6-4-7-14-22/h9,11-12,18-19H,3-8,10,13-17H2,1-2H3. The minimum Gasteiger partial charge on any atom is -0.492 e. The Morgan fingerprint density at radius 2 is 1.83 bits per heavy atom. The van der Waals surface area contributed by atoms with Gasteiger partial charge in [0, 0.05) is 13.2 Å². The number of piperidine rings is 1. The second-order valence-corrected chi connectivity index (χ2v) is 7.13. The zero-order chi connectivity index (χ0) is 17.0. The van der Waals surface area contributed by atoms with Gasteiger partial charge in [-0.1, -0.05) is 25.0 Å². The zero-order valence-electron chi connectivity index (χ0n) is 15.6. The summed E-state index contributed by atoms with van der Waals surface area (Å²) in [5.41, 5.74) is 1.38. The van der Waals surface area contributed by atoms with Crippen molar-refractivity contribution in [2.75, 3.05) is 32.8 Å². The molecule has 0 bridgehead atoms. The minimum absolute atomic E-state index is 0.351. The number of aryl methyl sites for hydroxylation is 1. The Bertz CT molecular complexity index is 441. The number of rotatable bonds is 11. The molecule has 0 spiro atoms. The van der Waals surface area contributed by atoms with Crippen LogP contribution in [0.1, 0.15) is 57.9 Å². The molecule has 1 saturated heterocycles. The Morgan fingerprint density at radius 1 is 1.00 bits per heavy atom. The fraction of sp³-hybridized carbons (Fsp3) is 0.714. The molecule has 0 amide bonds. The van der Waals surface area contributed by atoms with Gasteiger partial charge >= 0.3 is 0 Å². The Hall–Kier alpha value is -1.06. The Balaban J connectivity index is 1.60. The third kappa shape index (κ3) is 8.16. The van der Waals surface area contributed by atoms with E-state index < -0.39 is 0 Å². The molecule has 0 aliphatic carbocycles. The molecule has 0 atom stereocenters. The molecule has 1 heterocycles. The van der Waals surface area contributed by atoms with E-state index in [1.54, 1.807) is 0 Å². The second kappa shape index (κ2) is 11.5. The van der Waals surface area contributed by atoms with Crippen molar-refractivity contribution in [1.29, 1.82) is 0 Å². The van der Waals surface area contributed by atoms with Gasteiger partial charge in [-0.2, -0.15) is 0 Å². The third-order valence-electron chi connectivity index (χ3n) is 4.58. The van der Waals surface area contributed by atoms with Crippen molar-refractivity contribution in [2.24, 2.45) is 0 Å². The van der Waals surface area contributed by atoms with E-state index in [4.69, 9.17) is 9.47 Å². The molecule has 0 saturated carbocycles. The van der Waals surface area contributed by atoms with E-state index in [0.29, 0.717) is 6.10 Å². The fourth-order valence-electron chi connectivity index (χ4n) is 3.19. The molecule has 0 N–H and O–H groups in total. The van der Waals surface area contributed by atoms with Crippen LogP contribution in [-0.2, 0) is 11.2 Å². The monoisotopic (exact) mass is 333 g/mol. The lowest BCUT2D eigenvalue weighted by atomic mass is 10.1. The van der Waals surface area contributed by atoms with Crippen LogP contribution in [0.3, 0.4) is 0 Å². The van der Waals surface area contributed by atoms with Crippen molar-refractivity contribution in [1.82, 2.24) is 4.90 Å². The molecule has 1 aromatic rings. The predicted octanol–water partition coefficient (Wildman–Crippen LogP) is 4.69. The molecular weight excluding hydrogens is 298 g/mol. The summed E-state index contributed by atoms with van der Waals surface area (Å²) in [4.78, 5) is 2.52. The SMILES string of the molecule is CC(C)OCCCCCc1cccc(OCCN2CCCCC2)c1. The van der Waals surface area contributed by atoms with Crippen LogP contribution < -0.4 is 4.74 Å². The maximum absolute atomic E-state index is 5.96. The minimum atomic E-state index is 0.351. The van der Waals surface area contributed by atoms with Crippen LogP contribution in [0.2, 0.25) is 0 Å². The van der Waals surface area contributed by atoms with E-state index in [2.05, 4.69) is 43.0 Å². The predicted molar refractivity (Wildman–Crippen MR) is 101 cm³/mol. The molecule has 1 fully saturated rings. The van der Waals surface area contributed by atoms with Gasteiger partial charge in [0.15, 0.2) is 0 Å². The van der Waals surface area contributed by atoms with Crippen LogP contribution in [-0.4, -0.2) is 43.9 Å². The number of hydrogen-bond donors (Lipinski definition) is 0. The van der Waals surface area contributed by atoms with Crippen molar-refractivity contribution >= 4 is 0 Å². The zero-order valence-corrected chi connectivity index (χ0v) is 15.6. The number of hydrogen-bond acceptors (Lipinski definition) is 3. The first-order chi connectivity index (χ1) is 11.7. The normalized spacial score (nSPS) is 15.8. The van der Waals surface area contributed by atoms with E-state index in [-0.39, 0.29) is 0 Å². The Kier molecular flexibility index (Phi) is 9.22. The van der Waals surface area contributed by atoms with Crippen LogP contribution in [0, 0.1) is 0 Å². The highest BCUT2D eigenvalue weighted by Crippen LogP contribution is 2.16. The van der Waals surface area contributed by atoms with Crippen LogP contribution in [0.25, 0.3) is 0 Å². The summed E-state index contributed by atoms with van der Waals surface area (Å²) in [6.07, 6.45) is 9.17. The van der Waals surface area contributed by atoms with Gasteiger partial charge in [0.05, 0.1) is 6.10 Å². The van der Waals surface area contributed by atoms with E-state index in [0.717, 1.165) is 38.3 Å². The van der Waals surface area contributed by atoms with Gasteiger partial charge in [-0.3, -0.25) is 4.90 Å². The first-order valence-corrected chi connectivity index (χ1v) is 9.80. The van der Waals surface area contributed by atoms with Crippen molar-refractivity contribution < 1.29 is 9.47 Å². The van der Waals surface area contributed by atoms with Crippen molar-refractivity contribution in [3.05, 3.63) is 29.8 Å². The molecule has 24 heavy (non-hydrogen) atoms. The van der Waals surface area contributed by atoms with Gasteiger partial charge < -0.3 is 9.47 Å². The maximum Gasteiger partial charge on any atom is 0.119 e. The summed E-state index contributed by atoms with van der Waals surface area (Å²) >= 11 is 0. The number of nitrogens with zero attached hydrogens (tertiary/aromatic N) is 1. The number of ether oxygens (including phenoxy) is 2. The van der Waals surface area contributed by atoms with Crippen LogP contribution >= 0.6 is 0 Å². The summed E-state index contributed by atoms with van der Waals surface area (Å²) in [7, 11) is 0. The van der Waals surface area contributed by atoms with Gasteiger partial charge in [-0.05, 0) is 76.7 Å². The molecule has 1 aromatic carbocycles. The van der Waals surface area contributed by atoms with Crippen molar-refractivity contribution in [3.63, 3.8) is 0 Å². The van der Waals surface area contributed by atoms with Gasteiger partial charge in [-0.15, -0.1) is 0 Å². The van der Waals surface area contributed by atoms with E-state index in [1.807, 2.05) is 0 Å². The molecule has 1 aliphatic rings. The Morgan fingerprint density at radius 3 is 2.62 bits per heavy atom. The molecule has 2 rings (SSSR count). The van der Waals surface area contributed by atoms with Crippen LogP contribution in [0.15, 0.2) is 24.3 Å². The maximum atomic E-state index is 5.96. The summed E-state index contributed by atoms with van der Waals surface area (Å²) in [6, 6.07) is 8.62. The topological polar surface area (TPSA) is 21.7 Å². The average Bonchev–Trinajstić information content (AvgIpc) is 2.59. The molecule has 136 valence electrons. The molecule has 3 heteroatoms. The van der Waals surface area contributed by atoms with Gasteiger partial charge in [0.25, 0.3) is 0 Å². The highest BCUT2D eigenvalue weighted by Gasteiger charge is 2.09. The third-order valence-corrected chi connectivity index (χ3v) is 4.58. The van der Waals surface area contributed by atoms with Gasteiger partial charge in [-0.25, -0.2) is 0 Å². The molecule has 3 nitrogen and oxygen atoms in total. The summed E-state index contributed by atoms with van der Waals surface area (Å²) in [6.45, 7) is 9.41.